The van der Waals surface area contributed by atoms with Crippen LogP contribution >= 0.6 is 0 Å². The molecule has 1 aromatic rings. The molecule has 90 valence electrons. The highest BCUT2D eigenvalue weighted by atomic mass is 19.2. The second kappa shape index (κ2) is 4.63. The lowest BCUT2D eigenvalue weighted by molar-refractivity contribution is -0.112. The van der Waals surface area contributed by atoms with E-state index in [0.717, 1.165) is 11.6 Å². The summed E-state index contributed by atoms with van der Waals surface area (Å²) in [7, 11) is 0. The van der Waals surface area contributed by atoms with Crippen molar-refractivity contribution < 1.29 is 13.6 Å². The predicted molar refractivity (Wildman–Crippen MR) is 60.6 cm³/mol. The van der Waals surface area contributed by atoms with Crippen molar-refractivity contribution in [3.63, 3.8) is 0 Å². The van der Waals surface area contributed by atoms with Crippen LogP contribution in [0.5, 0.6) is 0 Å². The molecule has 0 aliphatic carbocycles. The van der Waals surface area contributed by atoms with Gasteiger partial charge in [-0.15, -0.1) is 0 Å². The average molecular weight is 238 g/mol. The van der Waals surface area contributed by atoms with E-state index in [4.69, 9.17) is 0 Å². The van der Waals surface area contributed by atoms with Crippen molar-refractivity contribution in [3.8, 4) is 0 Å². The molecule has 3 nitrogen and oxygen atoms in total. The maximum absolute atomic E-state index is 13.3. The van der Waals surface area contributed by atoms with Gasteiger partial charge in [0.15, 0.2) is 11.6 Å². The van der Waals surface area contributed by atoms with Gasteiger partial charge in [-0.05, 0) is 24.6 Å². The van der Waals surface area contributed by atoms with Crippen molar-refractivity contribution in [2.75, 3.05) is 18.4 Å². The molecule has 0 unspecified atom stereocenters. The molecule has 17 heavy (non-hydrogen) atoms. The van der Waals surface area contributed by atoms with E-state index in [1.54, 1.807) is 6.92 Å². The first-order chi connectivity index (χ1) is 8.09. The van der Waals surface area contributed by atoms with E-state index < -0.39 is 17.5 Å². The van der Waals surface area contributed by atoms with Crippen LogP contribution in [-0.2, 0) is 4.79 Å². The molecule has 5 heteroatoms. The first-order valence-electron chi connectivity index (χ1n) is 5.24. The third-order valence-electron chi connectivity index (χ3n) is 2.75. The first kappa shape index (κ1) is 11.7. The molecule has 0 radical (unpaired) electrons. The summed E-state index contributed by atoms with van der Waals surface area (Å²) in [5.41, 5.74) is 1.40. The number of anilines is 1. The molecule has 1 saturated heterocycles. The Kier molecular flexibility index (Phi) is 3.19. The lowest BCUT2D eigenvalue weighted by atomic mass is 10.0. The van der Waals surface area contributed by atoms with Gasteiger partial charge >= 0.3 is 0 Å². The Morgan fingerprint density at radius 1 is 1.35 bits per heavy atom. The van der Waals surface area contributed by atoms with Crippen LogP contribution in [0.2, 0.25) is 0 Å². The standard InChI is InChI=1S/C12H12F2N2O/c1-7(8-5-15-6-8)12(17)16-10-4-2-3-9(13)11(10)14/h2-4,15H,5-6H2,1H3,(H,16,17). The lowest BCUT2D eigenvalue weighted by Gasteiger charge is -2.21. The molecule has 0 saturated carbocycles. The molecule has 1 amide bonds. The molecule has 1 heterocycles. The van der Waals surface area contributed by atoms with Gasteiger partial charge in [0.1, 0.15) is 0 Å². The Labute approximate surface area is 97.5 Å². The van der Waals surface area contributed by atoms with Gasteiger partial charge in [0.05, 0.1) is 5.69 Å². The summed E-state index contributed by atoms with van der Waals surface area (Å²) in [6.45, 7) is 3.01. The van der Waals surface area contributed by atoms with Gasteiger partial charge in [-0.2, -0.15) is 0 Å². The van der Waals surface area contributed by atoms with E-state index >= 15 is 0 Å². The third-order valence-corrected chi connectivity index (χ3v) is 2.75. The minimum absolute atomic E-state index is 0.137. The predicted octanol–water partition coefficient (Wildman–Crippen LogP) is 1.82. The quantitative estimate of drug-likeness (QED) is 0.772. The SMILES string of the molecule is CC(C(=O)Nc1cccc(F)c1F)=C1CNC1. The average Bonchev–Trinajstić information content (AvgIpc) is 2.22. The zero-order valence-electron chi connectivity index (χ0n) is 9.31. The molecule has 0 aromatic heterocycles. The van der Waals surface area contributed by atoms with E-state index in [0.29, 0.717) is 18.7 Å². The van der Waals surface area contributed by atoms with Gasteiger partial charge < -0.3 is 10.6 Å². The molecule has 1 aromatic carbocycles. The van der Waals surface area contributed by atoms with Gasteiger partial charge in [0, 0.05) is 18.7 Å². The van der Waals surface area contributed by atoms with E-state index in [-0.39, 0.29) is 5.69 Å². The number of halogens is 2. The number of amides is 1. The largest absolute Gasteiger partial charge is 0.320 e. The summed E-state index contributed by atoms with van der Waals surface area (Å²) < 4.78 is 26.2. The smallest absolute Gasteiger partial charge is 0.251 e. The van der Waals surface area contributed by atoms with Crippen LogP contribution in [0.25, 0.3) is 0 Å². The Morgan fingerprint density at radius 2 is 2.06 bits per heavy atom. The van der Waals surface area contributed by atoms with Crippen LogP contribution in [0.15, 0.2) is 29.3 Å². The maximum atomic E-state index is 13.3. The third kappa shape index (κ3) is 2.34. The highest BCUT2D eigenvalue weighted by Gasteiger charge is 2.17. The maximum Gasteiger partial charge on any atom is 0.251 e. The fraction of sp³-hybridized carbons (Fsp3) is 0.250. The lowest BCUT2D eigenvalue weighted by Crippen LogP contribution is -2.36. The Bertz CT molecular complexity index is 491. The summed E-state index contributed by atoms with van der Waals surface area (Å²) in [6, 6.07) is 3.68. The van der Waals surface area contributed by atoms with Gasteiger partial charge in [-0.1, -0.05) is 6.07 Å². The van der Waals surface area contributed by atoms with Crippen molar-refractivity contribution in [2.24, 2.45) is 0 Å². The zero-order chi connectivity index (χ0) is 12.4. The van der Waals surface area contributed by atoms with Crippen molar-refractivity contribution in [1.29, 1.82) is 0 Å². The summed E-state index contributed by atoms with van der Waals surface area (Å²) in [6.07, 6.45) is 0. The summed E-state index contributed by atoms with van der Waals surface area (Å²) in [5, 5.41) is 5.37. The van der Waals surface area contributed by atoms with Crippen molar-refractivity contribution in [3.05, 3.63) is 41.0 Å². The number of rotatable bonds is 2. The van der Waals surface area contributed by atoms with Crippen LogP contribution in [0, 0.1) is 11.6 Å². The van der Waals surface area contributed by atoms with Crippen molar-refractivity contribution in [2.45, 2.75) is 6.92 Å². The number of carbonyl (C=O) groups is 1. The topological polar surface area (TPSA) is 41.1 Å². The molecule has 0 atom stereocenters. The van der Waals surface area contributed by atoms with Crippen LogP contribution in [0.3, 0.4) is 0 Å². The number of nitrogens with one attached hydrogen (secondary N) is 2. The van der Waals surface area contributed by atoms with Crippen molar-refractivity contribution >= 4 is 11.6 Å². The van der Waals surface area contributed by atoms with Gasteiger partial charge in [-0.3, -0.25) is 4.79 Å². The van der Waals surface area contributed by atoms with Gasteiger partial charge in [-0.25, -0.2) is 8.78 Å². The van der Waals surface area contributed by atoms with Gasteiger partial charge in [0.25, 0.3) is 5.91 Å². The summed E-state index contributed by atoms with van der Waals surface area (Å²) in [5.74, 6) is -2.41. The molecular weight excluding hydrogens is 226 g/mol. The van der Waals surface area contributed by atoms with Crippen molar-refractivity contribution in [1.82, 2.24) is 5.32 Å². The Morgan fingerprint density at radius 3 is 2.65 bits per heavy atom. The highest BCUT2D eigenvalue weighted by Crippen LogP contribution is 2.18. The van der Waals surface area contributed by atoms with Crippen LogP contribution < -0.4 is 10.6 Å². The summed E-state index contributed by atoms with van der Waals surface area (Å²) >= 11 is 0. The van der Waals surface area contributed by atoms with Crippen LogP contribution in [0.4, 0.5) is 14.5 Å². The fourth-order valence-electron chi connectivity index (χ4n) is 1.49. The van der Waals surface area contributed by atoms with E-state index in [2.05, 4.69) is 10.6 Å². The molecule has 1 aliphatic rings. The number of carbonyl (C=O) groups excluding carboxylic acids is 1. The minimum Gasteiger partial charge on any atom is -0.320 e. The van der Waals surface area contributed by atoms with E-state index in [1.807, 2.05) is 0 Å². The molecule has 2 N–H and O–H groups in total. The van der Waals surface area contributed by atoms with E-state index in [9.17, 15) is 13.6 Å². The summed E-state index contributed by atoms with van der Waals surface area (Å²) in [4.78, 5) is 11.7. The minimum atomic E-state index is -1.04. The monoisotopic (exact) mass is 238 g/mol. The molecule has 1 fully saturated rings. The molecule has 0 bridgehead atoms. The van der Waals surface area contributed by atoms with E-state index in [1.165, 1.54) is 12.1 Å². The second-order valence-electron chi connectivity index (χ2n) is 3.89. The fourth-order valence-corrected chi connectivity index (χ4v) is 1.49. The molecule has 1 aliphatic heterocycles. The highest BCUT2D eigenvalue weighted by molar-refractivity contribution is 6.04. The molecule has 2 rings (SSSR count). The molecular formula is C12H12F2N2O. The van der Waals surface area contributed by atoms with Gasteiger partial charge in [0.2, 0.25) is 0 Å². The number of benzene rings is 1. The second-order valence-corrected chi connectivity index (χ2v) is 3.89. The van der Waals surface area contributed by atoms with Crippen LogP contribution in [-0.4, -0.2) is 19.0 Å². The number of hydrogen-bond donors (Lipinski definition) is 2. The Balaban J connectivity index is 2.16. The first-order valence-corrected chi connectivity index (χ1v) is 5.24. The zero-order valence-corrected chi connectivity index (χ0v) is 9.31. The molecule has 0 spiro atoms. The normalized spacial score (nSPS) is 14.2. The Hall–Kier alpha value is -1.75. The van der Waals surface area contributed by atoms with Crippen LogP contribution in [0.1, 0.15) is 6.92 Å². The number of hydrogen-bond acceptors (Lipinski definition) is 2.